The Labute approximate surface area is 113 Å². The van der Waals surface area contributed by atoms with Crippen LogP contribution in [0.15, 0.2) is 23.3 Å². The molecule has 0 bridgehead atoms. The summed E-state index contributed by atoms with van der Waals surface area (Å²) in [6, 6.07) is 2.96. The molecule has 1 aromatic carbocycles. The third-order valence-electron chi connectivity index (χ3n) is 2.37. The SMILES string of the molecule is Fc1cccc(F)c1/C=N/Nc1c(F)c(F)nc(F)c1F. The highest BCUT2D eigenvalue weighted by atomic mass is 19.2. The molecule has 0 aliphatic rings. The second kappa shape index (κ2) is 5.81. The van der Waals surface area contributed by atoms with Gasteiger partial charge in [0.1, 0.15) is 17.3 Å². The van der Waals surface area contributed by atoms with Crippen molar-refractivity contribution >= 4 is 11.9 Å². The van der Waals surface area contributed by atoms with E-state index in [1.54, 1.807) is 5.43 Å². The lowest BCUT2D eigenvalue weighted by Gasteiger charge is -2.05. The van der Waals surface area contributed by atoms with E-state index in [1.165, 1.54) is 0 Å². The topological polar surface area (TPSA) is 37.3 Å². The van der Waals surface area contributed by atoms with Crippen molar-refractivity contribution in [2.75, 3.05) is 5.43 Å². The molecule has 0 spiro atoms. The Hall–Kier alpha value is -2.58. The molecular weight excluding hydrogens is 300 g/mol. The van der Waals surface area contributed by atoms with Crippen molar-refractivity contribution in [1.82, 2.24) is 4.98 Å². The second-order valence-corrected chi connectivity index (χ2v) is 3.70. The van der Waals surface area contributed by atoms with E-state index in [-0.39, 0.29) is 0 Å². The maximum atomic E-state index is 13.2. The molecule has 9 heteroatoms. The number of nitrogens with zero attached hydrogens (tertiary/aromatic N) is 2. The van der Waals surface area contributed by atoms with Gasteiger partial charge in [-0.3, -0.25) is 5.43 Å². The maximum absolute atomic E-state index is 13.2. The smallest absolute Gasteiger partial charge is 0.254 e. The van der Waals surface area contributed by atoms with Crippen molar-refractivity contribution < 1.29 is 26.3 Å². The van der Waals surface area contributed by atoms with Crippen molar-refractivity contribution in [3.05, 3.63) is 58.9 Å². The van der Waals surface area contributed by atoms with Gasteiger partial charge in [-0.05, 0) is 12.1 Å². The van der Waals surface area contributed by atoms with Gasteiger partial charge in [0, 0.05) is 0 Å². The Bertz CT molecular complexity index is 670. The number of pyridine rings is 1. The number of aromatic nitrogens is 1. The van der Waals surface area contributed by atoms with Crippen LogP contribution in [0.4, 0.5) is 32.0 Å². The normalized spacial score (nSPS) is 11.1. The fourth-order valence-corrected chi connectivity index (χ4v) is 1.38. The van der Waals surface area contributed by atoms with Gasteiger partial charge in [0.15, 0.2) is 0 Å². The highest BCUT2D eigenvalue weighted by Gasteiger charge is 2.20. The molecule has 0 aliphatic carbocycles. The van der Waals surface area contributed by atoms with Crippen LogP contribution in [0.5, 0.6) is 0 Å². The lowest BCUT2D eigenvalue weighted by Crippen LogP contribution is -2.06. The predicted molar refractivity (Wildman–Crippen MR) is 61.6 cm³/mol. The molecule has 0 saturated carbocycles. The Morgan fingerprint density at radius 1 is 0.905 bits per heavy atom. The number of nitrogens with one attached hydrogen (secondary N) is 1. The first kappa shape index (κ1) is 14.8. The van der Waals surface area contributed by atoms with E-state index < -0.39 is 46.4 Å². The van der Waals surface area contributed by atoms with E-state index in [2.05, 4.69) is 10.1 Å². The predicted octanol–water partition coefficient (Wildman–Crippen LogP) is 3.36. The van der Waals surface area contributed by atoms with E-state index >= 15 is 0 Å². The lowest BCUT2D eigenvalue weighted by molar-refractivity contribution is 0.411. The fraction of sp³-hybridized carbons (Fsp3) is 0. The number of halogens is 6. The van der Waals surface area contributed by atoms with Gasteiger partial charge in [-0.25, -0.2) is 8.78 Å². The first-order valence-electron chi connectivity index (χ1n) is 5.35. The van der Waals surface area contributed by atoms with Gasteiger partial charge in [-0.1, -0.05) is 6.07 Å². The first-order valence-corrected chi connectivity index (χ1v) is 5.35. The van der Waals surface area contributed by atoms with Gasteiger partial charge in [-0.15, -0.1) is 0 Å². The van der Waals surface area contributed by atoms with Crippen LogP contribution in [0.25, 0.3) is 0 Å². The molecule has 1 heterocycles. The van der Waals surface area contributed by atoms with Crippen LogP contribution < -0.4 is 5.43 Å². The molecule has 0 aliphatic heterocycles. The Morgan fingerprint density at radius 3 is 1.95 bits per heavy atom. The van der Waals surface area contributed by atoms with Crippen LogP contribution in [0, 0.1) is 35.2 Å². The summed E-state index contributed by atoms with van der Waals surface area (Å²) in [6.45, 7) is 0. The van der Waals surface area contributed by atoms with E-state index in [9.17, 15) is 26.3 Å². The zero-order valence-corrected chi connectivity index (χ0v) is 9.97. The molecule has 2 aromatic rings. The van der Waals surface area contributed by atoms with Gasteiger partial charge in [0.25, 0.3) is 11.9 Å². The highest BCUT2D eigenvalue weighted by Crippen LogP contribution is 2.22. The van der Waals surface area contributed by atoms with Crippen LogP contribution in [0.2, 0.25) is 0 Å². The first-order chi connectivity index (χ1) is 9.91. The van der Waals surface area contributed by atoms with Crippen LogP contribution in [0.3, 0.4) is 0 Å². The maximum Gasteiger partial charge on any atom is 0.254 e. The van der Waals surface area contributed by atoms with E-state index in [0.29, 0.717) is 6.21 Å². The molecule has 1 N–H and O–H groups in total. The van der Waals surface area contributed by atoms with Crippen LogP contribution in [-0.2, 0) is 0 Å². The van der Waals surface area contributed by atoms with E-state index in [1.807, 2.05) is 0 Å². The highest BCUT2D eigenvalue weighted by molar-refractivity contribution is 5.80. The molecule has 3 nitrogen and oxygen atoms in total. The fourth-order valence-electron chi connectivity index (χ4n) is 1.38. The molecule has 0 unspecified atom stereocenters. The number of rotatable bonds is 3. The summed E-state index contributed by atoms with van der Waals surface area (Å²) in [4.78, 5) is 2.33. The van der Waals surface area contributed by atoms with Crippen LogP contribution in [-0.4, -0.2) is 11.2 Å². The molecular formula is C12H5F6N3. The Morgan fingerprint density at radius 2 is 1.43 bits per heavy atom. The quantitative estimate of drug-likeness (QED) is 0.408. The minimum Gasteiger partial charge on any atom is -0.272 e. The Balaban J connectivity index is 2.31. The average molecular weight is 305 g/mol. The standard InChI is InChI=1S/C12H5F6N3/c13-6-2-1-3-7(14)5(6)4-19-21-10-8(15)11(17)20-12(18)9(10)16/h1-4H,(H,20,21)/b19-4+. The van der Waals surface area contributed by atoms with Gasteiger partial charge in [0.05, 0.1) is 11.8 Å². The molecule has 0 fully saturated rings. The second-order valence-electron chi connectivity index (χ2n) is 3.70. The van der Waals surface area contributed by atoms with Crippen molar-refractivity contribution in [2.45, 2.75) is 0 Å². The van der Waals surface area contributed by atoms with Crippen LogP contribution in [0.1, 0.15) is 5.56 Å². The summed E-state index contributed by atoms with van der Waals surface area (Å²) in [7, 11) is 0. The third-order valence-corrected chi connectivity index (χ3v) is 2.37. The monoisotopic (exact) mass is 305 g/mol. The molecule has 0 amide bonds. The van der Waals surface area contributed by atoms with Crippen molar-refractivity contribution in [2.24, 2.45) is 5.10 Å². The van der Waals surface area contributed by atoms with Gasteiger partial charge < -0.3 is 0 Å². The summed E-state index contributed by atoms with van der Waals surface area (Å²) in [5.41, 5.74) is -0.235. The minimum absolute atomic E-state index is 0.569. The molecule has 0 saturated heterocycles. The van der Waals surface area contributed by atoms with Gasteiger partial charge >= 0.3 is 0 Å². The number of hydrazone groups is 1. The summed E-state index contributed by atoms with van der Waals surface area (Å²) >= 11 is 0. The van der Waals surface area contributed by atoms with Gasteiger partial charge in [-0.2, -0.15) is 27.6 Å². The molecule has 110 valence electrons. The minimum atomic E-state index is -1.89. The summed E-state index contributed by atoms with van der Waals surface area (Å²) in [5, 5.41) is 3.14. The summed E-state index contributed by atoms with van der Waals surface area (Å²) in [6.07, 6.45) is 0.569. The molecule has 21 heavy (non-hydrogen) atoms. The average Bonchev–Trinajstić information content (AvgIpc) is 2.43. The number of hydrogen-bond donors (Lipinski definition) is 1. The largest absolute Gasteiger partial charge is 0.272 e. The number of hydrogen-bond acceptors (Lipinski definition) is 3. The zero-order chi connectivity index (χ0) is 15.6. The lowest BCUT2D eigenvalue weighted by atomic mass is 10.2. The third kappa shape index (κ3) is 2.96. The summed E-state index contributed by atoms with van der Waals surface area (Å²) < 4.78 is 78.4. The Kier molecular flexibility index (Phi) is 4.10. The van der Waals surface area contributed by atoms with Crippen LogP contribution >= 0.6 is 0 Å². The molecule has 0 atom stereocenters. The number of benzene rings is 1. The van der Waals surface area contributed by atoms with E-state index in [0.717, 1.165) is 18.2 Å². The number of anilines is 1. The van der Waals surface area contributed by atoms with Gasteiger partial charge in [0.2, 0.25) is 11.6 Å². The molecule has 1 aromatic heterocycles. The molecule has 0 radical (unpaired) electrons. The zero-order valence-electron chi connectivity index (χ0n) is 9.97. The van der Waals surface area contributed by atoms with Crippen molar-refractivity contribution in [3.63, 3.8) is 0 Å². The van der Waals surface area contributed by atoms with Crippen molar-refractivity contribution in [1.29, 1.82) is 0 Å². The van der Waals surface area contributed by atoms with Crippen molar-refractivity contribution in [3.8, 4) is 0 Å². The molecule has 2 rings (SSSR count). The summed E-state index contributed by atoms with van der Waals surface area (Å²) in [5.74, 6) is -9.37. The van der Waals surface area contributed by atoms with E-state index in [4.69, 9.17) is 0 Å².